The first-order valence-electron chi connectivity index (χ1n) is 10.4. The number of fused-ring (bicyclic) bond motifs is 1. The van der Waals surface area contributed by atoms with E-state index in [0.29, 0.717) is 17.4 Å². The summed E-state index contributed by atoms with van der Waals surface area (Å²) in [6.07, 6.45) is 0.903. The molecular weight excluding hydrogens is 400 g/mol. The molecule has 0 aliphatic carbocycles. The van der Waals surface area contributed by atoms with E-state index in [0.717, 1.165) is 54.3 Å². The van der Waals surface area contributed by atoms with Crippen LogP contribution in [0.25, 0.3) is 16.7 Å². The molecule has 3 heterocycles. The number of carbonyl (C=O) groups is 1. The average Bonchev–Trinajstić information content (AvgIpc) is 2.89. The molecule has 0 N–H and O–H groups in total. The molecule has 158 valence electrons. The quantitative estimate of drug-likeness (QED) is 0.637. The van der Waals surface area contributed by atoms with Crippen molar-refractivity contribution in [3.63, 3.8) is 0 Å². The number of carbonyl (C=O) groups excluding carboxylic acids is 1. The zero-order chi connectivity index (χ0) is 21.4. The SMILES string of the molecule is Cc1nc(N2CCCN(C(=O)C(C)C)CC2)c2c(C)nn(-c3ccccc3Cl)c2n1. The minimum absolute atomic E-state index is 0.0145. The van der Waals surface area contributed by atoms with Gasteiger partial charge in [0.25, 0.3) is 0 Å². The third-order valence-corrected chi connectivity index (χ3v) is 5.80. The molecule has 0 spiro atoms. The van der Waals surface area contributed by atoms with Crippen LogP contribution in [-0.2, 0) is 4.79 Å². The highest BCUT2D eigenvalue weighted by molar-refractivity contribution is 6.32. The highest BCUT2D eigenvalue weighted by Gasteiger charge is 2.25. The molecule has 0 bridgehead atoms. The normalized spacial score (nSPS) is 15.1. The molecule has 1 aliphatic rings. The molecule has 2 aromatic heterocycles. The predicted octanol–water partition coefficient (Wildman–Crippen LogP) is 3.78. The van der Waals surface area contributed by atoms with Gasteiger partial charge in [-0.05, 0) is 32.4 Å². The number of hydrogen-bond acceptors (Lipinski definition) is 5. The largest absolute Gasteiger partial charge is 0.354 e. The van der Waals surface area contributed by atoms with Crippen LogP contribution in [-0.4, -0.2) is 56.7 Å². The Labute approximate surface area is 181 Å². The van der Waals surface area contributed by atoms with Gasteiger partial charge < -0.3 is 9.80 Å². The summed E-state index contributed by atoms with van der Waals surface area (Å²) in [7, 11) is 0. The van der Waals surface area contributed by atoms with Crippen molar-refractivity contribution in [3.05, 3.63) is 40.8 Å². The van der Waals surface area contributed by atoms with E-state index >= 15 is 0 Å². The molecular formula is C22H27ClN6O. The van der Waals surface area contributed by atoms with Crippen molar-refractivity contribution < 1.29 is 4.79 Å². The summed E-state index contributed by atoms with van der Waals surface area (Å²) >= 11 is 6.44. The molecule has 1 aromatic carbocycles. The van der Waals surface area contributed by atoms with Crippen molar-refractivity contribution in [2.24, 2.45) is 5.92 Å². The average molecular weight is 427 g/mol. The standard InChI is InChI=1S/C22H27ClN6O/c1-14(2)22(30)28-11-7-10-27(12-13-28)20-19-15(3)26-29(21(19)25-16(4)24-20)18-9-6-5-8-17(18)23/h5-6,8-9,14H,7,10-13H2,1-4H3. The molecule has 4 rings (SSSR count). The Kier molecular flexibility index (Phi) is 5.64. The van der Waals surface area contributed by atoms with Gasteiger partial charge in [0.05, 0.1) is 21.8 Å². The van der Waals surface area contributed by atoms with Crippen LogP contribution in [0, 0.1) is 19.8 Å². The second-order valence-electron chi connectivity index (χ2n) is 8.06. The van der Waals surface area contributed by atoms with Gasteiger partial charge in [-0.1, -0.05) is 37.6 Å². The zero-order valence-corrected chi connectivity index (χ0v) is 18.6. The van der Waals surface area contributed by atoms with Gasteiger partial charge in [-0.25, -0.2) is 14.6 Å². The Morgan fingerprint density at radius 2 is 1.83 bits per heavy atom. The van der Waals surface area contributed by atoms with Crippen molar-refractivity contribution in [3.8, 4) is 5.69 Å². The maximum absolute atomic E-state index is 12.5. The molecule has 0 saturated carbocycles. The number of nitrogens with zero attached hydrogens (tertiary/aromatic N) is 6. The molecule has 0 radical (unpaired) electrons. The topological polar surface area (TPSA) is 67.2 Å². The second-order valence-corrected chi connectivity index (χ2v) is 8.47. The first kappa shape index (κ1) is 20.6. The van der Waals surface area contributed by atoms with Gasteiger partial charge in [-0.2, -0.15) is 5.10 Å². The Morgan fingerprint density at radius 1 is 1.07 bits per heavy atom. The molecule has 8 heteroatoms. The first-order valence-corrected chi connectivity index (χ1v) is 10.8. The van der Waals surface area contributed by atoms with Gasteiger partial charge >= 0.3 is 0 Å². The van der Waals surface area contributed by atoms with Crippen LogP contribution in [0.1, 0.15) is 31.8 Å². The molecule has 1 aliphatic heterocycles. The van der Waals surface area contributed by atoms with Crippen molar-refractivity contribution in [2.75, 3.05) is 31.1 Å². The van der Waals surface area contributed by atoms with Crippen molar-refractivity contribution in [1.82, 2.24) is 24.6 Å². The monoisotopic (exact) mass is 426 g/mol. The van der Waals surface area contributed by atoms with Gasteiger partial charge in [-0.15, -0.1) is 0 Å². The summed E-state index contributed by atoms with van der Waals surface area (Å²) in [6, 6.07) is 7.63. The van der Waals surface area contributed by atoms with Crippen LogP contribution >= 0.6 is 11.6 Å². The summed E-state index contributed by atoms with van der Waals surface area (Å²) in [6.45, 7) is 10.8. The van der Waals surface area contributed by atoms with E-state index in [2.05, 4.69) is 4.90 Å². The number of anilines is 1. The van der Waals surface area contributed by atoms with E-state index in [1.165, 1.54) is 0 Å². The van der Waals surface area contributed by atoms with E-state index < -0.39 is 0 Å². The number of aromatic nitrogens is 4. The van der Waals surface area contributed by atoms with Crippen LogP contribution in [0.2, 0.25) is 5.02 Å². The Morgan fingerprint density at radius 3 is 2.57 bits per heavy atom. The van der Waals surface area contributed by atoms with Crippen LogP contribution in [0.5, 0.6) is 0 Å². The fourth-order valence-electron chi connectivity index (χ4n) is 4.00. The third kappa shape index (κ3) is 3.74. The van der Waals surface area contributed by atoms with Gasteiger partial charge in [0.2, 0.25) is 5.91 Å². The predicted molar refractivity (Wildman–Crippen MR) is 119 cm³/mol. The van der Waals surface area contributed by atoms with Crippen LogP contribution in [0.3, 0.4) is 0 Å². The Balaban J connectivity index is 1.75. The summed E-state index contributed by atoms with van der Waals surface area (Å²) in [5.41, 5.74) is 2.41. The van der Waals surface area contributed by atoms with Crippen LogP contribution in [0.4, 0.5) is 5.82 Å². The molecule has 3 aromatic rings. The molecule has 1 amide bonds. The number of rotatable bonds is 3. The number of para-hydroxylation sites is 1. The van der Waals surface area contributed by atoms with Gasteiger partial charge in [-0.3, -0.25) is 4.79 Å². The Bertz CT molecular complexity index is 1090. The fourth-order valence-corrected chi connectivity index (χ4v) is 4.22. The molecule has 0 unspecified atom stereocenters. The molecule has 0 atom stereocenters. The van der Waals surface area contributed by atoms with Gasteiger partial charge in [0, 0.05) is 32.1 Å². The van der Waals surface area contributed by atoms with Gasteiger partial charge in [0.15, 0.2) is 5.65 Å². The molecule has 1 fully saturated rings. The fraction of sp³-hybridized carbons (Fsp3) is 0.455. The number of halogens is 1. The zero-order valence-electron chi connectivity index (χ0n) is 17.9. The second kappa shape index (κ2) is 8.22. The summed E-state index contributed by atoms with van der Waals surface area (Å²) in [5.74, 6) is 1.79. The summed E-state index contributed by atoms with van der Waals surface area (Å²) in [5, 5.41) is 6.30. The molecule has 30 heavy (non-hydrogen) atoms. The number of amides is 1. The Hall–Kier alpha value is -2.67. The van der Waals surface area contributed by atoms with E-state index in [4.69, 9.17) is 26.7 Å². The van der Waals surface area contributed by atoms with Crippen molar-refractivity contribution >= 4 is 34.4 Å². The number of aryl methyl sites for hydroxylation is 2. The smallest absolute Gasteiger partial charge is 0.225 e. The highest BCUT2D eigenvalue weighted by atomic mass is 35.5. The molecule has 7 nitrogen and oxygen atoms in total. The summed E-state index contributed by atoms with van der Waals surface area (Å²) in [4.78, 5) is 26.2. The van der Waals surface area contributed by atoms with Crippen molar-refractivity contribution in [1.29, 1.82) is 0 Å². The minimum Gasteiger partial charge on any atom is -0.354 e. The lowest BCUT2D eigenvalue weighted by Gasteiger charge is -2.24. The first-order chi connectivity index (χ1) is 14.4. The molecule has 1 saturated heterocycles. The van der Waals surface area contributed by atoms with Gasteiger partial charge in [0.1, 0.15) is 11.6 Å². The lowest BCUT2D eigenvalue weighted by Crippen LogP contribution is -2.37. The van der Waals surface area contributed by atoms with E-state index in [1.807, 2.05) is 56.9 Å². The highest BCUT2D eigenvalue weighted by Crippen LogP contribution is 2.31. The maximum atomic E-state index is 12.5. The van der Waals surface area contributed by atoms with Crippen molar-refractivity contribution in [2.45, 2.75) is 34.1 Å². The lowest BCUT2D eigenvalue weighted by atomic mass is 10.2. The minimum atomic E-state index is 0.0145. The van der Waals surface area contributed by atoms with E-state index in [9.17, 15) is 4.79 Å². The van der Waals surface area contributed by atoms with Crippen LogP contribution in [0.15, 0.2) is 24.3 Å². The lowest BCUT2D eigenvalue weighted by molar-refractivity contribution is -0.134. The number of benzene rings is 1. The van der Waals surface area contributed by atoms with E-state index in [-0.39, 0.29) is 11.8 Å². The third-order valence-electron chi connectivity index (χ3n) is 5.48. The van der Waals surface area contributed by atoms with E-state index in [1.54, 1.807) is 4.68 Å². The summed E-state index contributed by atoms with van der Waals surface area (Å²) < 4.78 is 1.80. The van der Waals surface area contributed by atoms with Crippen LogP contribution < -0.4 is 4.90 Å². The number of hydrogen-bond donors (Lipinski definition) is 0. The maximum Gasteiger partial charge on any atom is 0.225 e.